The van der Waals surface area contributed by atoms with Crippen LogP contribution in [0.15, 0.2) is 115 Å². The fraction of sp³-hybridized carbons (Fsp3) is 0.353. The van der Waals surface area contributed by atoms with E-state index >= 15 is 0 Å². The van der Waals surface area contributed by atoms with Crippen molar-refractivity contribution in [2.75, 3.05) is 27.2 Å². The number of nitrogens with zero attached hydrogens (tertiary/aromatic N) is 4. The molecule has 11 heteroatoms. The predicted molar refractivity (Wildman–Crippen MR) is 241 cm³/mol. The Balaban J connectivity index is 0.928. The summed E-state index contributed by atoms with van der Waals surface area (Å²) >= 11 is 0. The van der Waals surface area contributed by atoms with E-state index in [4.69, 9.17) is 9.72 Å². The van der Waals surface area contributed by atoms with E-state index in [0.717, 1.165) is 75.2 Å². The van der Waals surface area contributed by atoms with E-state index in [1.54, 1.807) is 4.90 Å². The maximum atomic E-state index is 14.1. The van der Waals surface area contributed by atoms with E-state index in [1.807, 2.05) is 130 Å². The van der Waals surface area contributed by atoms with Crippen molar-refractivity contribution < 1.29 is 23.9 Å². The number of benzene rings is 4. The van der Waals surface area contributed by atoms with Gasteiger partial charge in [0.05, 0.1) is 36.3 Å². The van der Waals surface area contributed by atoms with E-state index < -0.39 is 23.5 Å². The minimum Gasteiger partial charge on any atom is -0.460 e. The molecule has 0 spiro atoms. The van der Waals surface area contributed by atoms with Crippen LogP contribution in [0.1, 0.15) is 93.4 Å². The first-order chi connectivity index (χ1) is 29.8. The van der Waals surface area contributed by atoms with Gasteiger partial charge >= 0.3 is 5.97 Å². The molecule has 2 aliphatic heterocycles. The normalized spacial score (nSPS) is 17.7. The summed E-state index contributed by atoms with van der Waals surface area (Å²) in [6.45, 7) is 6.60. The van der Waals surface area contributed by atoms with Gasteiger partial charge < -0.3 is 24.5 Å². The average Bonchev–Trinajstić information content (AvgIpc) is 4.09. The van der Waals surface area contributed by atoms with Crippen molar-refractivity contribution in [3.8, 4) is 22.5 Å². The molecule has 6 aromatic rings. The molecule has 0 unspecified atom stereocenters. The van der Waals surface area contributed by atoms with E-state index in [1.165, 1.54) is 0 Å². The first kappa shape index (κ1) is 42.4. The van der Waals surface area contributed by atoms with Crippen molar-refractivity contribution in [2.24, 2.45) is 0 Å². The fourth-order valence-electron chi connectivity index (χ4n) is 9.17. The standard InChI is InChI=1S/C51H56N6O5/c1-51(2,3)62-46(59)31-39(34-14-8-6-9-15-34)49(60)56-26-12-18-43(56)45(58)29-33-20-25-40-38(28-33)30-41(53-40)35-21-23-36(24-22-35)42-32-52-48(54-42)44-19-13-27-57(44)50(61)47(55(4)5)37-16-10-7-11-17-37/h6-11,14-17,20-25,28,30,32,39,43-44,47,53H,12-13,18-19,26-27,29,31H2,1-5H3,(H,52,54)/t39-,43+,44+,47-/m1/s1. The Morgan fingerprint density at radius 1 is 0.758 bits per heavy atom. The van der Waals surface area contributed by atoms with Gasteiger partial charge in [-0.2, -0.15) is 0 Å². The molecule has 2 fully saturated rings. The molecule has 2 aromatic heterocycles. The van der Waals surface area contributed by atoms with Crippen LogP contribution in [-0.2, 0) is 30.3 Å². The number of aromatic amines is 2. The lowest BCUT2D eigenvalue weighted by Gasteiger charge is -2.31. The van der Waals surface area contributed by atoms with Crippen LogP contribution in [0.5, 0.6) is 0 Å². The Morgan fingerprint density at radius 3 is 2.08 bits per heavy atom. The molecule has 0 bridgehead atoms. The highest BCUT2D eigenvalue weighted by Gasteiger charge is 2.39. The second kappa shape index (κ2) is 17.9. The summed E-state index contributed by atoms with van der Waals surface area (Å²) in [5.41, 5.74) is 6.75. The van der Waals surface area contributed by atoms with Crippen LogP contribution in [0.3, 0.4) is 0 Å². The number of esters is 1. The van der Waals surface area contributed by atoms with Crippen LogP contribution >= 0.6 is 0 Å². The highest BCUT2D eigenvalue weighted by molar-refractivity contribution is 5.95. The number of amides is 2. The van der Waals surface area contributed by atoms with Crippen LogP contribution in [0, 0.1) is 0 Å². The van der Waals surface area contributed by atoms with Crippen LogP contribution in [0.25, 0.3) is 33.4 Å². The molecule has 2 aliphatic rings. The molecule has 8 rings (SSSR count). The van der Waals surface area contributed by atoms with Crippen LogP contribution in [0.2, 0.25) is 0 Å². The smallest absolute Gasteiger partial charge is 0.307 e. The molecule has 2 saturated heterocycles. The van der Waals surface area contributed by atoms with E-state index in [9.17, 15) is 19.2 Å². The Kier molecular flexibility index (Phi) is 12.3. The molecule has 4 heterocycles. The molecule has 320 valence electrons. The van der Waals surface area contributed by atoms with Crippen molar-refractivity contribution in [1.29, 1.82) is 0 Å². The monoisotopic (exact) mass is 832 g/mol. The zero-order chi connectivity index (χ0) is 43.5. The highest BCUT2D eigenvalue weighted by atomic mass is 16.6. The lowest BCUT2D eigenvalue weighted by atomic mass is 9.93. The third-order valence-corrected chi connectivity index (χ3v) is 12.1. The van der Waals surface area contributed by atoms with Gasteiger partial charge in [-0.3, -0.25) is 24.1 Å². The number of hydrogen-bond donors (Lipinski definition) is 2. The number of hydrogen-bond acceptors (Lipinski definition) is 7. The van der Waals surface area contributed by atoms with Crippen molar-refractivity contribution >= 4 is 34.5 Å². The first-order valence-corrected chi connectivity index (χ1v) is 21.7. The summed E-state index contributed by atoms with van der Waals surface area (Å²) in [4.78, 5) is 72.4. The number of ketones is 1. The quantitative estimate of drug-likeness (QED) is 0.111. The number of likely N-dealkylation sites (tertiary alicyclic amines) is 2. The number of carbonyl (C=O) groups is 4. The maximum absolute atomic E-state index is 14.1. The molecule has 62 heavy (non-hydrogen) atoms. The average molecular weight is 833 g/mol. The van der Waals surface area contributed by atoms with Crippen molar-refractivity contribution in [2.45, 2.75) is 88.9 Å². The van der Waals surface area contributed by atoms with Gasteiger partial charge in [-0.05, 0) is 107 Å². The molecule has 11 nitrogen and oxygen atoms in total. The van der Waals surface area contributed by atoms with Gasteiger partial charge in [-0.1, -0.05) is 91.0 Å². The van der Waals surface area contributed by atoms with Crippen molar-refractivity contribution in [1.82, 2.24) is 29.7 Å². The maximum Gasteiger partial charge on any atom is 0.307 e. The first-order valence-electron chi connectivity index (χ1n) is 21.7. The van der Waals surface area contributed by atoms with Gasteiger partial charge in [-0.15, -0.1) is 0 Å². The summed E-state index contributed by atoms with van der Waals surface area (Å²) in [5.74, 6) is -0.518. The Hall–Kier alpha value is -6.33. The molecule has 2 N–H and O–H groups in total. The number of aromatic nitrogens is 3. The predicted octanol–water partition coefficient (Wildman–Crippen LogP) is 8.81. The third-order valence-electron chi connectivity index (χ3n) is 12.1. The summed E-state index contributed by atoms with van der Waals surface area (Å²) in [6, 6.07) is 34.6. The minimum absolute atomic E-state index is 0.00947. The SMILES string of the molecule is CN(C)[C@@H](C(=O)N1CCC[C@H]1c1ncc(-c2ccc(-c3cc4cc(CC(=O)[C@@H]5CCCN5C(=O)[C@H](CC(=O)OC(C)(C)C)c5ccccc5)ccc4[nH]3)cc2)[nH]1)c1ccccc1. The van der Waals surface area contributed by atoms with Gasteiger partial charge in [0.1, 0.15) is 17.5 Å². The molecule has 2 amide bonds. The topological polar surface area (TPSA) is 132 Å². The van der Waals surface area contributed by atoms with Gasteiger partial charge in [-0.25, -0.2) is 4.98 Å². The van der Waals surface area contributed by atoms with Gasteiger partial charge in [0.25, 0.3) is 0 Å². The number of imidazole rings is 1. The summed E-state index contributed by atoms with van der Waals surface area (Å²) in [6.07, 6.45) is 5.06. The number of fused-ring (bicyclic) bond motifs is 1. The summed E-state index contributed by atoms with van der Waals surface area (Å²) in [7, 11) is 3.89. The van der Waals surface area contributed by atoms with Gasteiger partial charge in [0.15, 0.2) is 5.78 Å². The van der Waals surface area contributed by atoms with E-state index in [-0.39, 0.29) is 42.5 Å². The molecule has 0 radical (unpaired) electrons. The van der Waals surface area contributed by atoms with Crippen molar-refractivity contribution in [3.05, 3.63) is 138 Å². The van der Waals surface area contributed by atoms with Crippen LogP contribution in [0.4, 0.5) is 0 Å². The minimum atomic E-state index is -0.734. The van der Waals surface area contributed by atoms with Crippen molar-refractivity contribution in [3.63, 3.8) is 0 Å². The number of Topliss-reactive ketones (excluding diaryl/α,β-unsaturated/α-hetero) is 1. The molecule has 0 aliphatic carbocycles. The lowest BCUT2D eigenvalue weighted by molar-refractivity contribution is -0.157. The lowest BCUT2D eigenvalue weighted by Crippen LogP contribution is -2.44. The second-order valence-corrected chi connectivity index (χ2v) is 17.9. The number of likely N-dealkylation sites (N-methyl/N-ethyl adjacent to an activating group) is 1. The number of carbonyl (C=O) groups excluding carboxylic acids is 4. The molecular weight excluding hydrogens is 777 g/mol. The number of rotatable bonds is 13. The highest BCUT2D eigenvalue weighted by Crippen LogP contribution is 2.36. The fourth-order valence-corrected chi connectivity index (χ4v) is 9.17. The number of H-pyrrole nitrogens is 2. The molecule has 0 saturated carbocycles. The molecule has 4 atom stereocenters. The van der Waals surface area contributed by atoms with E-state index in [0.29, 0.717) is 19.5 Å². The zero-order valence-electron chi connectivity index (χ0n) is 36.3. The summed E-state index contributed by atoms with van der Waals surface area (Å²) in [5, 5.41) is 0.993. The largest absolute Gasteiger partial charge is 0.460 e. The number of ether oxygens (including phenoxy) is 1. The Bertz CT molecular complexity index is 2540. The van der Waals surface area contributed by atoms with Crippen LogP contribution in [-0.4, -0.2) is 92.0 Å². The van der Waals surface area contributed by atoms with Crippen LogP contribution < -0.4 is 0 Å². The van der Waals surface area contributed by atoms with E-state index in [2.05, 4.69) is 40.3 Å². The molecular formula is C51H56N6O5. The zero-order valence-corrected chi connectivity index (χ0v) is 36.3. The summed E-state index contributed by atoms with van der Waals surface area (Å²) < 4.78 is 5.60. The second-order valence-electron chi connectivity index (χ2n) is 17.9. The molecule has 4 aromatic carbocycles. The Labute approximate surface area is 363 Å². The third kappa shape index (κ3) is 9.28. The Morgan fingerprint density at radius 2 is 1.40 bits per heavy atom. The van der Waals surface area contributed by atoms with Gasteiger partial charge in [0.2, 0.25) is 11.8 Å². The van der Waals surface area contributed by atoms with Gasteiger partial charge in [0, 0.05) is 36.1 Å². The number of nitrogens with one attached hydrogen (secondary N) is 2.